The number of anilines is 1. The van der Waals surface area contributed by atoms with Gasteiger partial charge in [0.25, 0.3) is 0 Å². The Kier molecular flexibility index (Phi) is 5.27. The van der Waals surface area contributed by atoms with Crippen molar-refractivity contribution in [2.75, 3.05) is 19.0 Å². The molecule has 1 aliphatic carbocycles. The number of rotatable bonds is 8. The quantitative estimate of drug-likeness (QED) is 0.718. The van der Waals surface area contributed by atoms with Crippen LogP contribution in [-0.2, 0) is 10.2 Å². The summed E-state index contributed by atoms with van der Waals surface area (Å²) in [7, 11) is 1.64. The lowest BCUT2D eigenvalue weighted by molar-refractivity contribution is -0.118. The van der Waals surface area contributed by atoms with Crippen LogP contribution in [0.5, 0.6) is 11.5 Å². The molecule has 4 heteroatoms. The molecule has 1 saturated carbocycles. The Morgan fingerprint density at radius 2 is 1.84 bits per heavy atom. The minimum atomic E-state index is -0.469. The molecule has 0 aliphatic heterocycles. The van der Waals surface area contributed by atoms with Crippen molar-refractivity contribution in [1.82, 2.24) is 0 Å². The van der Waals surface area contributed by atoms with Gasteiger partial charge in [0.05, 0.1) is 19.1 Å². The van der Waals surface area contributed by atoms with E-state index in [-0.39, 0.29) is 5.91 Å². The topological polar surface area (TPSA) is 47.6 Å². The average Bonchev–Trinajstić information content (AvgIpc) is 3.45. The SMILES string of the molecule is CCCCOc1ccc(NC(=O)C2(c3ccccc3OC)CC2)cc1. The molecule has 132 valence electrons. The van der Waals surface area contributed by atoms with E-state index in [4.69, 9.17) is 9.47 Å². The zero-order valence-corrected chi connectivity index (χ0v) is 14.9. The summed E-state index contributed by atoms with van der Waals surface area (Å²) >= 11 is 0. The molecule has 2 aromatic rings. The number of carbonyl (C=O) groups excluding carboxylic acids is 1. The molecule has 1 aliphatic rings. The second-order valence-electron chi connectivity index (χ2n) is 6.46. The largest absolute Gasteiger partial charge is 0.496 e. The first-order valence-corrected chi connectivity index (χ1v) is 8.87. The molecule has 0 heterocycles. The third kappa shape index (κ3) is 3.78. The zero-order valence-electron chi connectivity index (χ0n) is 14.9. The summed E-state index contributed by atoms with van der Waals surface area (Å²) < 4.78 is 11.1. The summed E-state index contributed by atoms with van der Waals surface area (Å²) in [4.78, 5) is 12.9. The van der Waals surface area contributed by atoms with E-state index in [1.54, 1.807) is 7.11 Å². The van der Waals surface area contributed by atoms with Crippen LogP contribution in [0.15, 0.2) is 48.5 Å². The van der Waals surface area contributed by atoms with Crippen LogP contribution in [0.3, 0.4) is 0 Å². The van der Waals surface area contributed by atoms with Gasteiger partial charge in [-0.1, -0.05) is 31.5 Å². The molecule has 3 rings (SSSR count). The summed E-state index contributed by atoms with van der Waals surface area (Å²) in [6, 6.07) is 15.3. The van der Waals surface area contributed by atoms with Gasteiger partial charge in [-0.25, -0.2) is 0 Å². The molecule has 1 amide bonds. The minimum absolute atomic E-state index is 0.0247. The number of para-hydroxylation sites is 1. The van der Waals surface area contributed by atoms with Gasteiger partial charge in [0.15, 0.2) is 0 Å². The van der Waals surface area contributed by atoms with E-state index in [1.165, 1.54) is 0 Å². The van der Waals surface area contributed by atoms with Crippen LogP contribution in [0.1, 0.15) is 38.2 Å². The molecule has 0 atom stereocenters. The lowest BCUT2D eigenvalue weighted by Crippen LogP contribution is -2.28. The van der Waals surface area contributed by atoms with Gasteiger partial charge in [0.1, 0.15) is 11.5 Å². The second-order valence-corrected chi connectivity index (χ2v) is 6.46. The van der Waals surface area contributed by atoms with Crippen molar-refractivity contribution in [3.63, 3.8) is 0 Å². The Labute approximate surface area is 149 Å². The standard InChI is InChI=1S/C21H25NO3/c1-3-4-15-25-17-11-9-16(10-12-17)22-20(23)21(13-14-21)18-7-5-6-8-19(18)24-2/h5-12H,3-4,13-15H2,1-2H3,(H,22,23). The number of hydrogen-bond donors (Lipinski definition) is 1. The summed E-state index contributed by atoms with van der Waals surface area (Å²) in [5, 5.41) is 3.04. The molecule has 0 bridgehead atoms. The first-order chi connectivity index (χ1) is 12.2. The molecule has 1 fully saturated rings. The maximum absolute atomic E-state index is 12.9. The first kappa shape index (κ1) is 17.3. The first-order valence-electron chi connectivity index (χ1n) is 8.87. The van der Waals surface area contributed by atoms with E-state index in [0.717, 1.165) is 55.0 Å². The van der Waals surface area contributed by atoms with E-state index in [2.05, 4.69) is 12.2 Å². The van der Waals surface area contributed by atoms with E-state index in [9.17, 15) is 4.79 Å². The third-order valence-corrected chi connectivity index (χ3v) is 4.69. The van der Waals surface area contributed by atoms with Crippen molar-refractivity contribution in [3.05, 3.63) is 54.1 Å². The fourth-order valence-corrected chi connectivity index (χ4v) is 3.00. The van der Waals surface area contributed by atoms with Crippen molar-refractivity contribution in [1.29, 1.82) is 0 Å². The maximum Gasteiger partial charge on any atom is 0.235 e. The maximum atomic E-state index is 12.9. The summed E-state index contributed by atoms with van der Waals surface area (Å²) in [5.74, 6) is 1.63. The minimum Gasteiger partial charge on any atom is -0.496 e. The molecule has 4 nitrogen and oxygen atoms in total. The molecule has 0 spiro atoms. The third-order valence-electron chi connectivity index (χ3n) is 4.69. The predicted octanol–water partition coefficient (Wildman–Crippen LogP) is 4.54. The lowest BCUT2D eigenvalue weighted by atomic mass is 9.94. The molecular weight excluding hydrogens is 314 g/mol. The molecule has 0 radical (unpaired) electrons. The van der Waals surface area contributed by atoms with E-state index < -0.39 is 5.41 Å². The lowest BCUT2D eigenvalue weighted by Gasteiger charge is -2.18. The Bertz CT molecular complexity index is 720. The highest BCUT2D eigenvalue weighted by Gasteiger charge is 2.52. The second kappa shape index (κ2) is 7.60. The van der Waals surface area contributed by atoms with Gasteiger partial charge in [-0.15, -0.1) is 0 Å². The molecule has 0 saturated heterocycles. The van der Waals surface area contributed by atoms with Gasteiger partial charge in [-0.3, -0.25) is 4.79 Å². The number of hydrogen-bond acceptors (Lipinski definition) is 3. The summed E-state index contributed by atoms with van der Waals surface area (Å²) in [6.45, 7) is 2.86. The Hall–Kier alpha value is -2.49. The van der Waals surface area contributed by atoms with Crippen molar-refractivity contribution >= 4 is 11.6 Å². The molecule has 1 N–H and O–H groups in total. The van der Waals surface area contributed by atoms with Gasteiger partial charge in [-0.2, -0.15) is 0 Å². The van der Waals surface area contributed by atoms with E-state index in [1.807, 2.05) is 48.5 Å². The normalized spacial score (nSPS) is 14.6. The fraction of sp³-hybridized carbons (Fsp3) is 0.381. The highest BCUT2D eigenvalue weighted by Crippen LogP contribution is 2.51. The predicted molar refractivity (Wildman–Crippen MR) is 99.4 cm³/mol. The number of benzene rings is 2. The van der Waals surface area contributed by atoms with Crippen LogP contribution in [0.4, 0.5) is 5.69 Å². The Morgan fingerprint density at radius 3 is 2.48 bits per heavy atom. The van der Waals surface area contributed by atoms with E-state index in [0.29, 0.717) is 0 Å². The van der Waals surface area contributed by atoms with Crippen molar-refractivity contribution in [2.45, 2.75) is 38.0 Å². The van der Waals surface area contributed by atoms with Crippen LogP contribution in [0.25, 0.3) is 0 Å². The highest BCUT2D eigenvalue weighted by atomic mass is 16.5. The summed E-state index contributed by atoms with van der Waals surface area (Å²) in [6.07, 6.45) is 3.84. The number of unbranched alkanes of at least 4 members (excludes halogenated alkanes) is 1. The molecular formula is C21H25NO3. The van der Waals surface area contributed by atoms with Gasteiger partial charge >= 0.3 is 0 Å². The van der Waals surface area contributed by atoms with Crippen LogP contribution in [0, 0.1) is 0 Å². The monoisotopic (exact) mass is 339 g/mol. The zero-order chi connectivity index (χ0) is 17.7. The highest BCUT2D eigenvalue weighted by molar-refractivity contribution is 6.01. The van der Waals surface area contributed by atoms with Crippen LogP contribution < -0.4 is 14.8 Å². The summed E-state index contributed by atoms with van der Waals surface area (Å²) in [5.41, 5.74) is 1.28. The smallest absolute Gasteiger partial charge is 0.235 e. The van der Waals surface area contributed by atoms with Gasteiger partial charge in [0.2, 0.25) is 5.91 Å². The number of amides is 1. The fourth-order valence-electron chi connectivity index (χ4n) is 3.00. The number of methoxy groups -OCH3 is 1. The van der Waals surface area contributed by atoms with Crippen molar-refractivity contribution in [3.8, 4) is 11.5 Å². The van der Waals surface area contributed by atoms with Gasteiger partial charge < -0.3 is 14.8 Å². The van der Waals surface area contributed by atoms with Gasteiger partial charge in [0, 0.05) is 11.3 Å². The van der Waals surface area contributed by atoms with Crippen LogP contribution in [-0.4, -0.2) is 19.6 Å². The van der Waals surface area contributed by atoms with Crippen LogP contribution >= 0.6 is 0 Å². The Balaban J connectivity index is 1.68. The van der Waals surface area contributed by atoms with Gasteiger partial charge in [-0.05, 0) is 49.6 Å². The van der Waals surface area contributed by atoms with Crippen molar-refractivity contribution in [2.24, 2.45) is 0 Å². The van der Waals surface area contributed by atoms with Crippen molar-refractivity contribution < 1.29 is 14.3 Å². The molecule has 0 aromatic heterocycles. The molecule has 2 aromatic carbocycles. The average molecular weight is 339 g/mol. The number of carbonyl (C=O) groups is 1. The molecule has 0 unspecified atom stereocenters. The molecule has 25 heavy (non-hydrogen) atoms. The van der Waals surface area contributed by atoms with Crippen LogP contribution in [0.2, 0.25) is 0 Å². The van der Waals surface area contributed by atoms with E-state index >= 15 is 0 Å². The number of ether oxygens (including phenoxy) is 2. The Morgan fingerprint density at radius 1 is 1.12 bits per heavy atom. The number of nitrogens with one attached hydrogen (secondary N) is 1.